The molecular formula is C13H17FN2O2. The van der Waals surface area contributed by atoms with Gasteiger partial charge in [-0.1, -0.05) is 6.07 Å². The van der Waals surface area contributed by atoms with E-state index in [-0.39, 0.29) is 11.5 Å². The van der Waals surface area contributed by atoms with Crippen molar-refractivity contribution in [2.24, 2.45) is 0 Å². The molecule has 0 aromatic heterocycles. The zero-order valence-corrected chi connectivity index (χ0v) is 10.7. The normalized spacial score (nSPS) is 10.9. The summed E-state index contributed by atoms with van der Waals surface area (Å²) in [4.78, 5) is 23.6. The standard InChI is InChI=1S/C13H17FN2O2/c1-4-15-12(18)13(2,3)16-11(17)9-6-5-7-10(14)8-9/h5-8H,4H2,1-3H3,(H,15,18)(H,16,17). The molecule has 0 aliphatic heterocycles. The van der Waals surface area contributed by atoms with Crippen molar-refractivity contribution in [1.82, 2.24) is 10.6 Å². The van der Waals surface area contributed by atoms with Gasteiger partial charge in [-0.3, -0.25) is 9.59 Å². The summed E-state index contributed by atoms with van der Waals surface area (Å²) in [7, 11) is 0. The van der Waals surface area contributed by atoms with Crippen LogP contribution in [0, 0.1) is 5.82 Å². The van der Waals surface area contributed by atoms with Gasteiger partial charge in [0.1, 0.15) is 11.4 Å². The molecule has 18 heavy (non-hydrogen) atoms. The van der Waals surface area contributed by atoms with Crippen LogP contribution in [0.2, 0.25) is 0 Å². The van der Waals surface area contributed by atoms with Gasteiger partial charge in [0, 0.05) is 12.1 Å². The van der Waals surface area contributed by atoms with Gasteiger partial charge in [0.25, 0.3) is 5.91 Å². The summed E-state index contributed by atoms with van der Waals surface area (Å²) >= 11 is 0. The van der Waals surface area contributed by atoms with Crippen LogP contribution >= 0.6 is 0 Å². The summed E-state index contributed by atoms with van der Waals surface area (Å²) in [5, 5.41) is 5.19. The first-order chi connectivity index (χ1) is 8.36. The number of halogens is 1. The summed E-state index contributed by atoms with van der Waals surface area (Å²) in [5.41, 5.74) is -0.855. The Labute approximate surface area is 106 Å². The lowest BCUT2D eigenvalue weighted by molar-refractivity contribution is -0.126. The maximum absolute atomic E-state index is 13.0. The van der Waals surface area contributed by atoms with Crippen LogP contribution < -0.4 is 10.6 Å². The van der Waals surface area contributed by atoms with E-state index in [0.29, 0.717) is 6.54 Å². The van der Waals surface area contributed by atoms with E-state index in [2.05, 4.69) is 10.6 Å². The lowest BCUT2D eigenvalue weighted by Crippen LogP contribution is -2.54. The number of rotatable bonds is 4. The van der Waals surface area contributed by atoms with Gasteiger partial charge < -0.3 is 10.6 Å². The third-order valence-electron chi connectivity index (χ3n) is 2.42. The van der Waals surface area contributed by atoms with Crippen LogP contribution in [-0.4, -0.2) is 23.9 Å². The summed E-state index contributed by atoms with van der Waals surface area (Å²) in [6.07, 6.45) is 0. The van der Waals surface area contributed by atoms with E-state index in [9.17, 15) is 14.0 Å². The Kier molecular flexibility index (Phi) is 4.42. The van der Waals surface area contributed by atoms with Gasteiger partial charge in [-0.25, -0.2) is 4.39 Å². The molecule has 2 amide bonds. The molecule has 0 radical (unpaired) electrons. The molecule has 0 bridgehead atoms. The SMILES string of the molecule is CCNC(=O)C(C)(C)NC(=O)c1cccc(F)c1. The second-order valence-corrected chi connectivity index (χ2v) is 4.45. The molecule has 98 valence electrons. The van der Waals surface area contributed by atoms with E-state index >= 15 is 0 Å². The second kappa shape index (κ2) is 5.62. The van der Waals surface area contributed by atoms with E-state index in [1.165, 1.54) is 18.2 Å². The maximum Gasteiger partial charge on any atom is 0.252 e. The monoisotopic (exact) mass is 252 g/mol. The smallest absolute Gasteiger partial charge is 0.252 e. The molecule has 5 heteroatoms. The predicted octanol–water partition coefficient (Wildman–Crippen LogP) is 1.47. The molecule has 0 atom stereocenters. The fraction of sp³-hybridized carbons (Fsp3) is 0.385. The molecule has 1 aromatic carbocycles. The van der Waals surface area contributed by atoms with Gasteiger partial charge in [-0.05, 0) is 39.0 Å². The fourth-order valence-electron chi connectivity index (χ4n) is 1.42. The van der Waals surface area contributed by atoms with Crippen LogP contribution in [-0.2, 0) is 4.79 Å². The Morgan fingerprint density at radius 2 is 2.00 bits per heavy atom. The topological polar surface area (TPSA) is 58.2 Å². The van der Waals surface area contributed by atoms with E-state index < -0.39 is 17.3 Å². The molecule has 4 nitrogen and oxygen atoms in total. The van der Waals surface area contributed by atoms with Crippen LogP contribution in [0.25, 0.3) is 0 Å². The van der Waals surface area contributed by atoms with Gasteiger partial charge in [0.2, 0.25) is 5.91 Å². The molecule has 0 aliphatic carbocycles. The lowest BCUT2D eigenvalue weighted by Gasteiger charge is -2.24. The highest BCUT2D eigenvalue weighted by atomic mass is 19.1. The number of amides is 2. The first kappa shape index (κ1) is 14.2. The van der Waals surface area contributed by atoms with Gasteiger partial charge >= 0.3 is 0 Å². The molecule has 0 fully saturated rings. The minimum Gasteiger partial charge on any atom is -0.354 e. The average molecular weight is 252 g/mol. The van der Waals surface area contributed by atoms with Crippen molar-refractivity contribution >= 4 is 11.8 Å². The first-order valence-corrected chi connectivity index (χ1v) is 5.73. The molecule has 1 aromatic rings. The van der Waals surface area contributed by atoms with Crippen molar-refractivity contribution in [3.05, 3.63) is 35.6 Å². The lowest BCUT2D eigenvalue weighted by atomic mass is 10.0. The number of hydrogen-bond donors (Lipinski definition) is 2. The summed E-state index contributed by atoms with van der Waals surface area (Å²) in [6, 6.07) is 5.32. The molecule has 0 saturated carbocycles. The maximum atomic E-state index is 13.0. The van der Waals surface area contributed by atoms with Crippen molar-refractivity contribution in [3.8, 4) is 0 Å². The quantitative estimate of drug-likeness (QED) is 0.852. The summed E-state index contributed by atoms with van der Waals surface area (Å²) in [6.45, 7) is 5.46. The minimum atomic E-state index is -1.04. The number of likely N-dealkylation sites (N-methyl/N-ethyl adjacent to an activating group) is 1. The molecule has 0 heterocycles. The van der Waals surface area contributed by atoms with Crippen molar-refractivity contribution in [3.63, 3.8) is 0 Å². The number of carbonyl (C=O) groups is 2. The van der Waals surface area contributed by atoms with Gasteiger partial charge in [-0.15, -0.1) is 0 Å². The number of hydrogen-bond acceptors (Lipinski definition) is 2. The largest absolute Gasteiger partial charge is 0.354 e. The van der Waals surface area contributed by atoms with E-state index in [0.717, 1.165) is 6.07 Å². The third-order valence-corrected chi connectivity index (χ3v) is 2.42. The Balaban J connectivity index is 2.78. The zero-order valence-electron chi connectivity index (χ0n) is 10.7. The Morgan fingerprint density at radius 3 is 2.56 bits per heavy atom. The van der Waals surface area contributed by atoms with Gasteiger partial charge in [0.05, 0.1) is 0 Å². The highest BCUT2D eigenvalue weighted by Gasteiger charge is 2.29. The first-order valence-electron chi connectivity index (χ1n) is 5.73. The van der Waals surface area contributed by atoms with Gasteiger partial charge in [0.15, 0.2) is 0 Å². The van der Waals surface area contributed by atoms with Gasteiger partial charge in [-0.2, -0.15) is 0 Å². The van der Waals surface area contributed by atoms with Crippen LogP contribution in [0.5, 0.6) is 0 Å². The molecule has 0 unspecified atom stereocenters. The summed E-state index contributed by atoms with van der Waals surface area (Å²) < 4.78 is 13.0. The molecule has 0 aliphatic rings. The van der Waals surface area contributed by atoms with E-state index in [1.807, 2.05) is 0 Å². The van der Waals surface area contributed by atoms with E-state index in [4.69, 9.17) is 0 Å². The molecule has 1 rings (SSSR count). The molecule has 2 N–H and O–H groups in total. The number of carbonyl (C=O) groups excluding carboxylic acids is 2. The Morgan fingerprint density at radius 1 is 1.33 bits per heavy atom. The Hall–Kier alpha value is -1.91. The van der Waals surface area contributed by atoms with Crippen molar-refractivity contribution in [2.75, 3.05) is 6.54 Å². The molecule has 0 saturated heterocycles. The number of benzene rings is 1. The van der Waals surface area contributed by atoms with Crippen LogP contribution in [0.4, 0.5) is 4.39 Å². The zero-order chi connectivity index (χ0) is 13.8. The molecular weight excluding hydrogens is 235 g/mol. The predicted molar refractivity (Wildman–Crippen MR) is 66.6 cm³/mol. The van der Waals surface area contributed by atoms with E-state index in [1.54, 1.807) is 20.8 Å². The number of nitrogens with one attached hydrogen (secondary N) is 2. The summed E-state index contributed by atoms with van der Waals surface area (Å²) in [5.74, 6) is -1.25. The Bertz CT molecular complexity index is 458. The fourth-order valence-corrected chi connectivity index (χ4v) is 1.42. The van der Waals surface area contributed by atoms with Crippen molar-refractivity contribution in [1.29, 1.82) is 0 Å². The highest BCUT2D eigenvalue weighted by molar-refractivity contribution is 5.98. The average Bonchev–Trinajstić information content (AvgIpc) is 2.28. The van der Waals surface area contributed by atoms with Crippen molar-refractivity contribution in [2.45, 2.75) is 26.3 Å². The highest BCUT2D eigenvalue weighted by Crippen LogP contribution is 2.07. The van der Waals surface area contributed by atoms with Crippen LogP contribution in [0.15, 0.2) is 24.3 Å². The minimum absolute atomic E-state index is 0.187. The van der Waals surface area contributed by atoms with Crippen LogP contribution in [0.3, 0.4) is 0 Å². The molecule has 0 spiro atoms. The van der Waals surface area contributed by atoms with Crippen LogP contribution in [0.1, 0.15) is 31.1 Å². The second-order valence-electron chi connectivity index (χ2n) is 4.45. The van der Waals surface area contributed by atoms with Crippen molar-refractivity contribution < 1.29 is 14.0 Å². The third kappa shape index (κ3) is 3.55.